The van der Waals surface area contributed by atoms with Crippen LogP contribution >= 0.6 is 46.1 Å². The van der Waals surface area contributed by atoms with Gasteiger partial charge in [-0.1, -0.05) is 24.4 Å². The van der Waals surface area contributed by atoms with Crippen LogP contribution in [0.3, 0.4) is 0 Å². The highest BCUT2D eigenvalue weighted by molar-refractivity contribution is 14.1. The lowest BCUT2D eigenvalue weighted by atomic mass is 10.1. The van der Waals surface area contributed by atoms with E-state index in [1.807, 2.05) is 35.7 Å². The molecule has 1 aromatic carbocycles. The summed E-state index contributed by atoms with van der Waals surface area (Å²) in [6, 6.07) is 9.23. The van der Waals surface area contributed by atoms with E-state index in [-0.39, 0.29) is 10.9 Å². The number of hydrogen-bond acceptors (Lipinski definition) is 3. The highest BCUT2D eigenvalue weighted by Gasteiger charge is 2.18. The van der Waals surface area contributed by atoms with Crippen LogP contribution in [0, 0.1) is 2.88 Å². The van der Waals surface area contributed by atoms with Crippen molar-refractivity contribution in [2.45, 2.75) is 0 Å². The molecule has 0 bridgehead atoms. The molecule has 2 aromatic rings. The Bertz CT molecular complexity index is 639. The predicted octanol–water partition coefficient (Wildman–Crippen LogP) is 3.26. The Labute approximate surface area is 134 Å². The first kappa shape index (κ1) is 14.4. The molecule has 1 heterocycles. The van der Waals surface area contributed by atoms with Crippen LogP contribution < -0.4 is 10.6 Å². The molecule has 0 unspecified atom stereocenters. The molecule has 1 aromatic heterocycles. The Kier molecular flexibility index (Phi) is 4.54. The van der Waals surface area contributed by atoms with E-state index in [0.717, 1.165) is 8.57 Å². The van der Waals surface area contributed by atoms with Gasteiger partial charge in [-0.3, -0.25) is 4.79 Å². The summed E-state index contributed by atoms with van der Waals surface area (Å²) in [5.74, 6) is -0.0668. The molecule has 0 saturated carbocycles. The molecule has 0 aliphatic carbocycles. The number of nitrogens with two attached hydrogens (primary N) is 1. The van der Waals surface area contributed by atoms with Crippen molar-refractivity contribution >= 4 is 62.7 Å². The first-order valence-corrected chi connectivity index (χ1v) is 7.78. The number of carbonyl (C=O) groups excluding carboxylic acids is 1. The normalized spacial score (nSPS) is 10.2. The van der Waals surface area contributed by atoms with Crippen molar-refractivity contribution in [3.8, 4) is 0 Å². The van der Waals surface area contributed by atoms with Gasteiger partial charge in [0.2, 0.25) is 0 Å². The lowest BCUT2D eigenvalue weighted by Crippen LogP contribution is -2.28. The lowest BCUT2D eigenvalue weighted by Gasteiger charge is -2.19. The molecule has 6 heteroatoms. The maximum Gasteiger partial charge on any atom is 0.258 e. The third kappa shape index (κ3) is 3.13. The number of rotatable bonds is 3. The van der Waals surface area contributed by atoms with E-state index in [1.165, 1.54) is 0 Å². The predicted molar refractivity (Wildman–Crippen MR) is 92.1 cm³/mol. The number of carbonyl (C=O) groups is 1. The van der Waals surface area contributed by atoms with Crippen LogP contribution in [0.25, 0.3) is 0 Å². The molecule has 19 heavy (non-hydrogen) atoms. The smallest absolute Gasteiger partial charge is 0.258 e. The molecular formula is C13H11IN2OS2. The highest BCUT2D eigenvalue weighted by Crippen LogP contribution is 2.23. The van der Waals surface area contributed by atoms with Gasteiger partial charge in [0.05, 0.1) is 14.1 Å². The largest absolute Gasteiger partial charge is 0.389 e. The Hall–Kier alpha value is -0.990. The van der Waals surface area contributed by atoms with Crippen molar-refractivity contribution in [1.29, 1.82) is 0 Å². The average molecular weight is 402 g/mol. The lowest BCUT2D eigenvalue weighted by molar-refractivity contribution is 0.0993. The second kappa shape index (κ2) is 5.98. The van der Waals surface area contributed by atoms with Crippen molar-refractivity contribution in [2.24, 2.45) is 5.73 Å². The van der Waals surface area contributed by atoms with E-state index in [4.69, 9.17) is 18.0 Å². The van der Waals surface area contributed by atoms with E-state index in [9.17, 15) is 4.79 Å². The zero-order valence-corrected chi connectivity index (χ0v) is 13.9. The summed E-state index contributed by atoms with van der Waals surface area (Å²) in [6.45, 7) is 0. The number of benzene rings is 1. The number of amides is 1. The molecule has 1 amide bonds. The SMILES string of the molecule is CN(C(=O)c1csc(I)c1)c1ccccc1C(N)=S. The number of hydrogen-bond donors (Lipinski definition) is 1. The van der Waals surface area contributed by atoms with Crippen molar-refractivity contribution in [2.75, 3.05) is 11.9 Å². The van der Waals surface area contributed by atoms with Gasteiger partial charge in [-0.05, 0) is 40.8 Å². The van der Waals surface area contributed by atoms with E-state index < -0.39 is 0 Å². The topological polar surface area (TPSA) is 46.3 Å². The maximum absolute atomic E-state index is 12.4. The fraction of sp³-hybridized carbons (Fsp3) is 0.0769. The molecule has 0 fully saturated rings. The monoisotopic (exact) mass is 402 g/mol. The minimum Gasteiger partial charge on any atom is -0.389 e. The van der Waals surface area contributed by atoms with Crippen LogP contribution in [-0.4, -0.2) is 17.9 Å². The van der Waals surface area contributed by atoms with Crippen LogP contribution in [0.15, 0.2) is 35.7 Å². The number of nitrogens with zero attached hydrogens (tertiary/aromatic N) is 1. The summed E-state index contributed by atoms with van der Waals surface area (Å²) in [4.78, 5) is 14.2. The molecule has 0 atom stereocenters. The van der Waals surface area contributed by atoms with Gasteiger partial charge in [-0.25, -0.2) is 0 Å². The van der Waals surface area contributed by atoms with Crippen molar-refractivity contribution in [3.63, 3.8) is 0 Å². The number of thiophene rings is 1. The Morgan fingerprint density at radius 3 is 2.68 bits per heavy atom. The van der Waals surface area contributed by atoms with Crippen LogP contribution in [0.2, 0.25) is 0 Å². The van der Waals surface area contributed by atoms with Gasteiger partial charge >= 0.3 is 0 Å². The van der Waals surface area contributed by atoms with Crippen LogP contribution in [0.5, 0.6) is 0 Å². The molecule has 2 rings (SSSR count). The summed E-state index contributed by atoms with van der Waals surface area (Å²) in [5.41, 5.74) is 7.80. The Morgan fingerprint density at radius 1 is 1.42 bits per heavy atom. The highest BCUT2D eigenvalue weighted by atomic mass is 127. The molecule has 0 aliphatic rings. The van der Waals surface area contributed by atoms with E-state index in [2.05, 4.69) is 22.6 Å². The molecule has 0 spiro atoms. The van der Waals surface area contributed by atoms with Crippen LogP contribution in [0.4, 0.5) is 5.69 Å². The van der Waals surface area contributed by atoms with Gasteiger partial charge in [0.25, 0.3) is 5.91 Å². The molecule has 3 nitrogen and oxygen atoms in total. The van der Waals surface area contributed by atoms with E-state index >= 15 is 0 Å². The third-order valence-electron chi connectivity index (χ3n) is 2.65. The molecule has 0 aliphatic heterocycles. The minimum absolute atomic E-state index is 0.0668. The van der Waals surface area contributed by atoms with Crippen LogP contribution in [0.1, 0.15) is 15.9 Å². The van der Waals surface area contributed by atoms with Crippen molar-refractivity contribution < 1.29 is 4.79 Å². The first-order valence-electron chi connectivity index (χ1n) is 5.41. The fourth-order valence-corrected chi connectivity index (χ4v) is 3.19. The zero-order chi connectivity index (χ0) is 14.0. The second-order valence-corrected chi connectivity index (χ2v) is 7.13. The quantitative estimate of drug-likeness (QED) is 0.634. The number of para-hydroxylation sites is 1. The summed E-state index contributed by atoms with van der Waals surface area (Å²) in [5, 5.41) is 1.85. The molecule has 0 radical (unpaired) electrons. The minimum atomic E-state index is -0.0668. The summed E-state index contributed by atoms with van der Waals surface area (Å²) in [6.07, 6.45) is 0. The Balaban J connectivity index is 2.37. The molecule has 0 saturated heterocycles. The summed E-state index contributed by atoms with van der Waals surface area (Å²) >= 11 is 8.76. The first-order chi connectivity index (χ1) is 9.00. The summed E-state index contributed by atoms with van der Waals surface area (Å²) in [7, 11) is 1.73. The van der Waals surface area contributed by atoms with E-state index in [1.54, 1.807) is 23.3 Å². The number of thiocarbonyl (C=S) groups is 1. The van der Waals surface area contributed by atoms with Crippen molar-refractivity contribution in [3.05, 3.63) is 49.7 Å². The molecular weight excluding hydrogens is 391 g/mol. The molecule has 2 N–H and O–H groups in total. The number of anilines is 1. The van der Waals surface area contributed by atoms with Crippen LogP contribution in [-0.2, 0) is 0 Å². The zero-order valence-electron chi connectivity index (χ0n) is 10.1. The standard InChI is InChI=1S/C13H11IN2OS2/c1-16(13(17)8-6-11(14)19-7-8)10-5-3-2-4-9(10)12(15)18/h2-7H,1H3,(H2,15,18). The Morgan fingerprint density at radius 2 is 2.11 bits per heavy atom. The maximum atomic E-state index is 12.4. The van der Waals surface area contributed by atoms with Gasteiger partial charge in [-0.2, -0.15) is 0 Å². The summed E-state index contributed by atoms with van der Waals surface area (Å²) < 4.78 is 1.08. The third-order valence-corrected chi connectivity index (χ3v) is 4.66. The molecule has 98 valence electrons. The second-order valence-electron chi connectivity index (χ2n) is 3.89. The van der Waals surface area contributed by atoms with Gasteiger partial charge in [0.15, 0.2) is 0 Å². The average Bonchev–Trinajstić information content (AvgIpc) is 2.83. The van der Waals surface area contributed by atoms with Gasteiger partial charge in [0, 0.05) is 18.0 Å². The van der Waals surface area contributed by atoms with Crippen molar-refractivity contribution in [1.82, 2.24) is 0 Å². The fourth-order valence-electron chi connectivity index (χ4n) is 1.70. The number of halogens is 1. The van der Waals surface area contributed by atoms with E-state index in [0.29, 0.717) is 11.1 Å². The van der Waals surface area contributed by atoms with Gasteiger partial charge < -0.3 is 10.6 Å². The van der Waals surface area contributed by atoms with Gasteiger partial charge in [-0.15, -0.1) is 11.3 Å². The van der Waals surface area contributed by atoms with Gasteiger partial charge in [0.1, 0.15) is 4.99 Å².